The molecule has 55 heavy (non-hydrogen) atoms. The molecule has 0 spiro atoms. The van der Waals surface area contributed by atoms with Crippen LogP contribution >= 0.6 is 22.9 Å². The van der Waals surface area contributed by atoms with Crippen LogP contribution in [-0.2, 0) is 32.6 Å². The number of aryl methyl sites for hydroxylation is 5. The van der Waals surface area contributed by atoms with Crippen molar-refractivity contribution in [2.75, 3.05) is 9.80 Å². The maximum absolute atomic E-state index is 15.2. The molecule has 3 aromatic carbocycles. The van der Waals surface area contributed by atoms with Crippen LogP contribution in [0.15, 0.2) is 72.3 Å². The standard InChI is InChI=1S/C44H41ClN4O5S/c1-7-24-8-11-27(12-9-24)48-40(51)29-14-13-28-31(36(29)42(48)53)19-32-41(52)49(43(54)44(32,5)37(28)25-16-21(2)38(50)22(3)17-25)35-20-33(46-47(35)6)39-23(4)30-18-26(45)10-15-34(30)55-39/h8-13,15-18,20,29,31-32,36-37,50H,7,14,19H2,1-6H3. The first-order valence-corrected chi connectivity index (χ1v) is 20.0. The van der Waals surface area contributed by atoms with E-state index in [2.05, 4.69) is 13.0 Å². The Morgan fingerprint density at radius 3 is 2.31 bits per heavy atom. The van der Waals surface area contributed by atoms with Crippen LogP contribution in [0, 0.1) is 49.9 Å². The Morgan fingerprint density at radius 1 is 0.909 bits per heavy atom. The van der Waals surface area contributed by atoms with Crippen LogP contribution in [-0.4, -0.2) is 38.5 Å². The summed E-state index contributed by atoms with van der Waals surface area (Å²) in [6.45, 7) is 9.61. The number of allylic oxidation sites excluding steroid dienone is 2. The molecule has 4 heterocycles. The number of hydrogen-bond donors (Lipinski definition) is 1. The van der Waals surface area contributed by atoms with Crippen molar-refractivity contribution in [3.05, 3.63) is 105 Å². The summed E-state index contributed by atoms with van der Waals surface area (Å²) in [4.78, 5) is 62.3. The highest BCUT2D eigenvalue weighted by atomic mass is 35.5. The average Bonchev–Trinajstić information content (AvgIpc) is 3.83. The lowest BCUT2D eigenvalue weighted by molar-refractivity contribution is -0.131. The van der Waals surface area contributed by atoms with Crippen molar-refractivity contribution in [1.29, 1.82) is 0 Å². The summed E-state index contributed by atoms with van der Waals surface area (Å²) in [5, 5.41) is 17.3. The zero-order valence-corrected chi connectivity index (χ0v) is 33.1. The second-order valence-electron chi connectivity index (χ2n) is 15.9. The fourth-order valence-electron chi connectivity index (χ4n) is 10.1. The lowest BCUT2D eigenvalue weighted by atomic mass is 9.51. The number of benzene rings is 3. The lowest BCUT2D eigenvalue weighted by Gasteiger charge is -2.49. The van der Waals surface area contributed by atoms with E-state index in [1.165, 1.54) is 9.80 Å². The van der Waals surface area contributed by atoms with Crippen molar-refractivity contribution in [3.63, 3.8) is 0 Å². The summed E-state index contributed by atoms with van der Waals surface area (Å²) in [6, 6.07) is 18.9. The molecule has 0 bridgehead atoms. The van der Waals surface area contributed by atoms with Gasteiger partial charge >= 0.3 is 0 Å². The van der Waals surface area contributed by atoms with Crippen molar-refractivity contribution >= 4 is 68.2 Å². The smallest absolute Gasteiger partial charge is 0.242 e. The van der Waals surface area contributed by atoms with E-state index >= 15 is 4.79 Å². The van der Waals surface area contributed by atoms with Gasteiger partial charge in [0.1, 0.15) is 17.3 Å². The molecule has 4 amide bonds. The van der Waals surface area contributed by atoms with Gasteiger partial charge in [-0.2, -0.15) is 5.10 Å². The number of phenolic OH excluding ortho intramolecular Hbond substituents is 1. The highest BCUT2D eigenvalue weighted by Crippen LogP contribution is 2.64. The van der Waals surface area contributed by atoms with Crippen molar-refractivity contribution in [2.24, 2.45) is 36.1 Å². The van der Waals surface area contributed by atoms with Crippen LogP contribution in [0.3, 0.4) is 0 Å². The largest absolute Gasteiger partial charge is 0.507 e. The van der Waals surface area contributed by atoms with E-state index in [1.807, 2.05) is 88.4 Å². The number of phenols is 1. The number of thiophene rings is 1. The van der Waals surface area contributed by atoms with Gasteiger partial charge in [-0.05, 0) is 116 Å². The molecule has 2 aromatic heterocycles. The molecule has 6 atom stereocenters. The lowest BCUT2D eigenvalue weighted by Crippen LogP contribution is -2.49. The van der Waals surface area contributed by atoms with Crippen LogP contribution in [0.1, 0.15) is 60.4 Å². The van der Waals surface area contributed by atoms with E-state index in [0.29, 0.717) is 39.8 Å². The number of carbonyl (C=O) groups excluding carboxylic acids is 4. The number of aromatic hydroxyl groups is 1. The summed E-state index contributed by atoms with van der Waals surface area (Å²) in [6.07, 6.45) is 3.50. The predicted octanol–water partition coefficient (Wildman–Crippen LogP) is 8.58. The predicted molar refractivity (Wildman–Crippen MR) is 214 cm³/mol. The maximum Gasteiger partial charge on any atom is 0.242 e. The van der Waals surface area contributed by atoms with Gasteiger partial charge in [0.05, 0.1) is 33.7 Å². The summed E-state index contributed by atoms with van der Waals surface area (Å²) < 4.78 is 2.65. The molecule has 2 aliphatic carbocycles. The Bertz CT molecular complexity index is 2530. The summed E-state index contributed by atoms with van der Waals surface area (Å²) >= 11 is 7.91. The van der Waals surface area contributed by atoms with E-state index in [9.17, 15) is 19.5 Å². The molecular weight excluding hydrogens is 732 g/mol. The van der Waals surface area contributed by atoms with Crippen molar-refractivity contribution < 1.29 is 24.3 Å². The first kappa shape index (κ1) is 35.6. The Labute approximate surface area is 328 Å². The fraction of sp³-hybridized carbons (Fsp3) is 0.341. The number of halogens is 1. The number of carbonyl (C=O) groups is 4. The van der Waals surface area contributed by atoms with E-state index in [4.69, 9.17) is 16.7 Å². The third-order valence-corrected chi connectivity index (χ3v) is 14.5. The molecule has 11 heteroatoms. The molecule has 2 saturated heterocycles. The number of amides is 4. The van der Waals surface area contributed by atoms with Gasteiger partial charge in [0.25, 0.3) is 0 Å². The topological polar surface area (TPSA) is 113 Å². The average molecular weight is 773 g/mol. The molecule has 5 aromatic rings. The summed E-state index contributed by atoms with van der Waals surface area (Å²) in [5.74, 6) is -3.68. The second kappa shape index (κ2) is 12.5. The second-order valence-corrected chi connectivity index (χ2v) is 17.4. The zero-order valence-electron chi connectivity index (χ0n) is 31.5. The number of imide groups is 2. The van der Waals surface area contributed by atoms with Crippen LogP contribution in [0.4, 0.5) is 11.5 Å². The molecular formula is C44H41ClN4O5S. The molecule has 280 valence electrons. The highest BCUT2D eigenvalue weighted by molar-refractivity contribution is 7.22. The van der Waals surface area contributed by atoms with Crippen molar-refractivity contribution in [1.82, 2.24) is 9.78 Å². The minimum absolute atomic E-state index is 0.175. The van der Waals surface area contributed by atoms with Crippen molar-refractivity contribution in [2.45, 2.75) is 59.8 Å². The third-order valence-electron chi connectivity index (χ3n) is 12.9. The summed E-state index contributed by atoms with van der Waals surface area (Å²) in [7, 11) is 1.74. The van der Waals surface area contributed by atoms with Crippen LogP contribution in [0.2, 0.25) is 5.02 Å². The number of aromatic nitrogens is 2. The number of hydrogen-bond acceptors (Lipinski definition) is 7. The Hall–Kier alpha value is -5.06. The van der Waals surface area contributed by atoms with Gasteiger partial charge in [-0.3, -0.25) is 28.8 Å². The van der Waals surface area contributed by atoms with E-state index in [-0.39, 0.29) is 35.8 Å². The van der Waals surface area contributed by atoms with Gasteiger partial charge in [-0.1, -0.05) is 54.4 Å². The maximum atomic E-state index is 15.2. The van der Waals surface area contributed by atoms with E-state index in [1.54, 1.807) is 23.1 Å². The fourth-order valence-corrected chi connectivity index (χ4v) is 11.4. The number of nitrogens with zero attached hydrogens (tertiary/aromatic N) is 4. The molecule has 1 N–H and O–H groups in total. The SMILES string of the molecule is CCc1ccc(N2C(=O)C3CC=C4C(CC5C(=O)N(c6cc(-c7sc8ccc(Cl)cc8c7C)nn6C)C(=O)C5(C)C4c4cc(C)c(O)c(C)c4)C3C2=O)cc1. The van der Waals surface area contributed by atoms with Crippen LogP contribution in [0.25, 0.3) is 20.7 Å². The van der Waals surface area contributed by atoms with Gasteiger partial charge in [-0.15, -0.1) is 11.3 Å². The third kappa shape index (κ3) is 4.99. The van der Waals surface area contributed by atoms with Crippen LogP contribution in [0.5, 0.6) is 5.75 Å². The Kier molecular flexibility index (Phi) is 8.08. The Balaban J connectivity index is 1.15. The molecule has 9 rings (SSSR count). The van der Waals surface area contributed by atoms with Gasteiger partial charge < -0.3 is 5.11 Å². The number of fused-ring (bicyclic) bond motifs is 5. The monoisotopic (exact) mass is 772 g/mol. The molecule has 9 nitrogen and oxygen atoms in total. The van der Waals surface area contributed by atoms with Crippen molar-refractivity contribution in [3.8, 4) is 16.3 Å². The normalized spacial score (nSPS) is 26.2. The van der Waals surface area contributed by atoms with Gasteiger partial charge in [0.2, 0.25) is 23.6 Å². The molecule has 4 aliphatic rings. The molecule has 1 saturated carbocycles. The molecule has 2 aliphatic heterocycles. The first-order valence-electron chi connectivity index (χ1n) is 18.8. The highest BCUT2D eigenvalue weighted by Gasteiger charge is 2.68. The molecule has 0 radical (unpaired) electrons. The van der Waals surface area contributed by atoms with E-state index in [0.717, 1.165) is 43.6 Å². The molecule has 3 fully saturated rings. The molecule has 6 unspecified atom stereocenters. The Morgan fingerprint density at radius 2 is 1.62 bits per heavy atom. The minimum atomic E-state index is -1.22. The summed E-state index contributed by atoms with van der Waals surface area (Å²) in [5.41, 5.74) is 5.11. The first-order chi connectivity index (χ1) is 26.2. The van der Waals surface area contributed by atoms with Gasteiger partial charge in [-0.25, -0.2) is 4.90 Å². The van der Waals surface area contributed by atoms with Crippen LogP contribution < -0.4 is 9.80 Å². The minimum Gasteiger partial charge on any atom is -0.507 e. The number of anilines is 2. The number of rotatable bonds is 5. The van der Waals surface area contributed by atoms with E-state index < -0.39 is 35.0 Å². The zero-order chi connectivity index (χ0) is 38.8. The quantitative estimate of drug-likeness (QED) is 0.142. The van der Waals surface area contributed by atoms with Gasteiger partial charge in [0.15, 0.2) is 0 Å². The van der Waals surface area contributed by atoms with Gasteiger partial charge in [0, 0.05) is 28.8 Å².